The van der Waals surface area contributed by atoms with E-state index in [9.17, 15) is 4.79 Å². The molecule has 0 aromatic heterocycles. The van der Waals surface area contributed by atoms with Gasteiger partial charge in [0.15, 0.2) is 0 Å². The Hall–Kier alpha value is -0.890. The van der Waals surface area contributed by atoms with Crippen LogP contribution in [-0.4, -0.2) is 17.5 Å². The topological polar surface area (TPSA) is 37.3 Å². The molecule has 0 bridgehead atoms. The van der Waals surface area contributed by atoms with Crippen molar-refractivity contribution in [1.29, 1.82) is 0 Å². The van der Waals surface area contributed by atoms with Gasteiger partial charge < -0.3 is 9.90 Å². The van der Waals surface area contributed by atoms with Crippen molar-refractivity contribution >= 4 is 6.29 Å². The third kappa shape index (κ3) is 9.11. The highest BCUT2D eigenvalue weighted by molar-refractivity contribution is 5.52. The lowest BCUT2D eigenvalue weighted by Crippen LogP contribution is -1.94. The van der Waals surface area contributed by atoms with Crippen LogP contribution in [0, 0.1) is 0 Å². The van der Waals surface area contributed by atoms with Crippen LogP contribution in [0.3, 0.4) is 0 Å². The quantitative estimate of drug-likeness (QED) is 0.481. The summed E-state index contributed by atoms with van der Waals surface area (Å²) in [5, 5.41) is 8.82. The van der Waals surface area contributed by atoms with Crippen molar-refractivity contribution in [2.45, 2.75) is 25.9 Å². The van der Waals surface area contributed by atoms with Gasteiger partial charge in [0.1, 0.15) is 6.29 Å². The Morgan fingerprint density at radius 1 is 1.36 bits per heavy atom. The van der Waals surface area contributed by atoms with Gasteiger partial charge in [-0.2, -0.15) is 0 Å². The molecule has 2 nitrogen and oxygen atoms in total. The number of aliphatic hydroxyl groups is 1. The van der Waals surface area contributed by atoms with Crippen molar-refractivity contribution in [2.24, 2.45) is 0 Å². The van der Waals surface area contributed by atoms with Crippen LogP contribution >= 0.6 is 0 Å². The van der Waals surface area contributed by atoms with Crippen molar-refractivity contribution in [3.8, 4) is 0 Å². The molecule has 0 aliphatic heterocycles. The first-order valence-electron chi connectivity index (χ1n) is 3.70. The molecule has 1 atom stereocenters. The van der Waals surface area contributed by atoms with E-state index in [0.717, 1.165) is 6.29 Å². The van der Waals surface area contributed by atoms with Gasteiger partial charge >= 0.3 is 0 Å². The highest BCUT2D eigenvalue weighted by Gasteiger charge is 1.86. The SMILES string of the molecule is CC(O)C/C=C/C=C/CC=O. The summed E-state index contributed by atoms with van der Waals surface area (Å²) in [4.78, 5) is 9.83. The van der Waals surface area contributed by atoms with Crippen molar-refractivity contribution in [2.75, 3.05) is 0 Å². The van der Waals surface area contributed by atoms with Gasteiger partial charge in [-0.3, -0.25) is 0 Å². The van der Waals surface area contributed by atoms with E-state index in [1.807, 2.05) is 12.2 Å². The fraction of sp³-hybridized carbons (Fsp3) is 0.444. The summed E-state index contributed by atoms with van der Waals surface area (Å²) in [5.74, 6) is 0. The number of aliphatic hydroxyl groups excluding tert-OH is 1. The van der Waals surface area contributed by atoms with Crippen LogP contribution in [0.25, 0.3) is 0 Å². The van der Waals surface area contributed by atoms with Gasteiger partial charge in [-0.1, -0.05) is 24.3 Å². The first kappa shape index (κ1) is 10.1. The summed E-state index contributed by atoms with van der Waals surface area (Å²) >= 11 is 0. The molecule has 0 fully saturated rings. The van der Waals surface area contributed by atoms with Gasteiger partial charge in [-0.15, -0.1) is 0 Å². The number of hydrogen-bond donors (Lipinski definition) is 1. The van der Waals surface area contributed by atoms with Crippen LogP contribution in [0.1, 0.15) is 19.8 Å². The molecule has 0 amide bonds. The Bertz CT molecular complexity index is 146. The van der Waals surface area contributed by atoms with E-state index >= 15 is 0 Å². The minimum atomic E-state index is -0.286. The third-order valence-electron chi connectivity index (χ3n) is 1.09. The van der Waals surface area contributed by atoms with E-state index in [4.69, 9.17) is 5.11 Å². The predicted octanol–water partition coefficient (Wildman–Crippen LogP) is 1.46. The number of aldehydes is 1. The molecule has 0 aromatic carbocycles. The van der Waals surface area contributed by atoms with Gasteiger partial charge in [-0.25, -0.2) is 0 Å². The highest BCUT2D eigenvalue weighted by Crippen LogP contribution is 1.91. The van der Waals surface area contributed by atoms with Crippen LogP contribution in [0.2, 0.25) is 0 Å². The minimum Gasteiger partial charge on any atom is -0.393 e. The van der Waals surface area contributed by atoms with Crippen molar-refractivity contribution < 1.29 is 9.90 Å². The zero-order chi connectivity index (χ0) is 8.53. The van der Waals surface area contributed by atoms with E-state index in [-0.39, 0.29) is 6.10 Å². The van der Waals surface area contributed by atoms with Crippen LogP contribution < -0.4 is 0 Å². The van der Waals surface area contributed by atoms with E-state index in [1.165, 1.54) is 0 Å². The Morgan fingerprint density at radius 2 is 2.00 bits per heavy atom. The molecule has 0 rings (SSSR count). The molecule has 0 aliphatic rings. The zero-order valence-electron chi connectivity index (χ0n) is 6.73. The Balaban J connectivity index is 3.35. The molecule has 0 saturated heterocycles. The van der Waals surface area contributed by atoms with Gasteiger partial charge in [0.2, 0.25) is 0 Å². The molecule has 0 radical (unpaired) electrons. The zero-order valence-corrected chi connectivity index (χ0v) is 6.73. The summed E-state index contributed by atoms with van der Waals surface area (Å²) < 4.78 is 0. The molecule has 0 saturated carbocycles. The minimum absolute atomic E-state index is 0.286. The molecule has 11 heavy (non-hydrogen) atoms. The fourth-order valence-corrected chi connectivity index (χ4v) is 0.567. The first-order valence-corrected chi connectivity index (χ1v) is 3.70. The smallest absolute Gasteiger partial charge is 0.123 e. The normalized spacial score (nSPS) is 14.4. The lowest BCUT2D eigenvalue weighted by molar-refractivity contribution is -0.107. The van der Waals surface area contributed by atoms with E-state index in [0.29, 0.717) is 12.8 Å². The molecule has 1 N–H and O–H groups in total. The Kier molecular flexibility index (Phi) is 6.64. The van der Waals surface area contributed by atoms with Crippen LogP contribution in [0.15, 0.2) is 24.3 Å². The van der Waals surface area contributed by atoms with Gasteiger partial charge in [0.25, 0.3) is 0 Å². The molecule has 0 aliphatic carbocycles. The van der Waals surface area contributed by atoms with Crippen LogP contribution in [-0.2, 0) is 4.79 Å². The Morgan fingerprint density at radius 3 is 2.55 bits per heavy atom. The number of carbonyl (C=O) groups excluding carboxylic acids is 1. The summed E-state index contributed by atoms with van der Waals surface area (Å²) in [7, 11) is 0. The molecule has 62 valence electrons. The third-order valence-corrected chi connectivity index (χ3v) is 1.09. The second-order valence-corrected chi connectivity index (χ2v) is 2.34. The van der Waals surface area contributed by atoms with E-state index in [2.05, 4.69) is 0 Å². The highest BCUT2D eigenvalue weighted by atomic mass is 16.3. The van der Waals surface area contributed by atoms with Crippen molar-refractivity contribution in [1.82, 2.24) is 0 Å². The average molecular weight is 154 g/mol. The summed E-state index contributed by atoms with van der Waals surface area (Å²) in [6.45, 7) is 1.74. The second-order valence-electron chi connectivity index (χ2n) is 2.34. The fourth-order valence-electron chi connectivity index (χ4n) is 0.567. The summed E-state index contributed by atoms with van der Waals surface area (Å²) in [5.41, 5.74) is 0. The van der Waals surface area contributed by atoms with Gasteiger partial charge in [-0.05, 0) is 13.3 Å². The average Bonchev–Trinajstić information content (AvgIpc) is 1.96. The number of carbonyl (C=O) groups is 1. The monoisotopic (exact) mass is 154 g/mol. The second kappa shape index (κ2) is 7.22. The molecule has 0 aromatic rings. The van der Waals surface area contributed by atoms with E-state index in [1.54, 1.807) is 19.1 Å². The standard InChI is InChI=1S/C9H14O2/c1-9(11)7-5-3-2-4-6-8-10/h2-5,8-9,11H,6-7H2,1H3/b4-2+,5-3+. The largest absolute Gasteiger partial charge is 0.393 e. The van der Waals surface area contributed by atoms with Gasteiger partial charge in [0, 0.05) is 6.42 Å². The predicted molar refractivity (Wildman–Crippen MR) is 45.3 cm³/mol. The summed E-state index contributed by atoms with van der Waals surface area (Å²) in [6, 6.07) is 0. The lowest BCUT2D eigenvalue weighted by Gasteiger charge is -1.93. The number of hydrogen-bond acceptors (Lipinski definition) is 2. The lowest BCUT2D eigenvalue weighted by atomic mass is 10.2. The molecule has 1 unspecified atom stereocenters. The van der Waals surface area contributed by atoms with Crippen molar-refractivity contribution in [3.63, 3.8) is 0 Å². The molecular weight excluding hydrogens is 140 g/mol. The summed E-state index contributed by atoms with van der Waals surface area (Å²) in [6.07, 6.45) is 8.94. The Labute approximate surface area is 67.2 Å². The van der Waals surface area contributed by atoms with Crippen LogP contribution in [0.4, 0.5) is 0 Å². The maximum Gasteiger partial charge on any atom is 0.123 e. The van der Waals surface area contributed by atoms with E-state index < -0.39 is 0 Å². The maximum absolute atomic E-state index is 9.83. The molecule has 0 heterocycles. The van der Waals surface area contributed by atoms with Crippen LogP contribution in [0.5, 0.6) is 0 Å². The number of allylic oxidation sites excluding steroid dienone is 3. The first-order chi connectivity index (χ1) is 5.27. The van der Waals surface area contributed by atoms with Gasteiger partial charge in [0.05, 0.1) is 6.10 Å². The van der Waals surface area contributed by atoms with Crippen molar-refractivity contribution in [3.05, 3.63) is 24.3 Å². The molecule has 0 spiro atoms. The molecular formula is C9H14O2. The maximum atomic E-state index is 9.83. The number of rotatable bonds is 5. The molecule has 2 heteroatoms.